The highest BCUT2D eigenvalue weighted by atomic mass is 35.5. The van der Waals surface area contributed by atoms with Crippen LogP contribution in [0.25, 0.3) is 10.9 Å². The van der Waals surface area contributed by atoms with Gasteiger partial charge in [0.25, 0.3) is 0 Å². The van der Waals surface area contributed by atoms with Gasteiger partial charge in [0.2, 0.25) is 0 Å². The number of carbonyl (C=O) groups is 1. The maximum atomic E-state index is 12.5. The molecule has 0 radical (unpaired) electrons. The van der Waals surface area contributed by atoms with Gasteiger partial charge in [-0.1, -0.05) is 16.8 Å². The summed E-state index contributed by atoms with van der Waals surface area (Å²) in [7, 11) is 4.71. The van der Waals surface area contributed by atoms with Crippen molar-refractivity contribution < 1.29 is 23.5 Å². The number of pyridine rings is 1. The van der Waals surface area contributed by atoms with Gasteiger partial charge in [0, 0.05) is 36.8 Å². The maximum Gasteiger partial charge on any atom is 0.327 e. The van der Waals surface area contributed by atoms with Crippen LogP contribution in [0.1, 0.15) is 5.76 Å². The van der Waals surface area contributed by atoms with Gasteiger partial charge in [-0.05, 0) is 31.2 Å². The number of aromatic nitrogens is 2. The van der Waals surface area contributed by atoms with E-state index in [2.05, 4.69) is 15.5 Å². The summed E-state index contributed by atoms with van der Waals surface area (Å²) in [5.41, 5.74) is 1.11. The number of anilines is 2. The van der Waals surface area contributed by atoms with Crippen LogP contribution < -0.4 is 24.4 Å². The summed E-state index contributed by atoms with van der Waals surface area (Å²) in [6.45, 7) is 1.75. The molecule has 0 spiro atoms. The topological polar surface area (TPSA) is 99.0 Å². The molecule has 1 N–H and O–H groups in total. The van der Waals surface area contributed by atoms with Gasteiger partial charge in [0.1, 0.15) is 17.3 Å². The van der Waals surface area contributed by atoms with Crippen LogP contribution in [0.4, 0.5) is 16.3 Å². The summed E-state index contributed by atoms with van der Waals surface area (Å²) in [4.78, 5) is 18.2. The first-order chi connectivity index (χ1) is 15.9. The smallest absolute Gasteiger partial charge is 0.327 e. The highest BCUT2D eigenvalue weighted by Gasteiger charge is 2.17. The van der Waals surface area contributed by atoms with Crippen LogP contribution in [0.5, 0.6) is 23.0 Å². The average Bonchev–Trinajstić information content (AvgIpc) is 3.25. The fourth-order valence-corrected chi connectivity index (χ4v) is 3.36. The zero-order valence-corrected chi connectivity index (χ0v) is 19.1. The largest absolute Gasteiger partial charge is 0.493 e. The van der Waals surface area contributed by atoms with Gasteiger partial charge < -0.3 is 24.1 Å². The molecule has 2 heterocycles. The van der Waals surface area contributed by atoms with Crippen molar-refractivity contribution in [2.75, 3.05) is 31.5 Å². The van der Waals surface area contributed by atoms with Crippen molar-refractivity contribution in [1.82, 2.24) is 10.1 Å². The van der Waals surface area contributed by atoms with Crippen LogP contribution in [0.15, 0.2) is 53.2 Å². The Labute approximate surface area is 194 Å². The number of carbonyl (C=O) groups excluding carboxylic acids is 1. The Balaban J connectivity index is 1.55. The number of rotatable bonds is 6. The number of hydrogen-bond acceptors (Lipinski definition) is 7. The van der Waals surface area contributed by atoms with E-state index in [9.17, 15) is 4.79 Å². The van der Waals surface area contributed by atoms with Crippen molar-refractivity contribution in [3.63, 3.8) is 0 Å². The van der Waals surface area contributed by atoms with E-state index in [0.29, 0.717) is 50.8 Å². The number of ether oxygens (including phenoxy) is 3. The molecular formula is C23H21ClN4O5. The lowest BCUT2D eigenvalue weighted by Gasteiger charge is -2.16. The van der Waals surface area contributed by atoms with E-state index < -0.39 is 6.03 Å². The second-order valence-corrected chi connectivity index (χ2v) is 7.47. The molecule has 4 rings (SSSR count). The van der Waals surface area contributed by atoms with Gasteiger partial charge in [0.05, 0.1) is 30.4 Å². The minimum Gasteiger partial charge on any atom is -0.493 e. The first-order valence-electron chi connectivity index (χ1n) is 9.85. The maximum absolute atomic E-state index is 12.5. The summed E-state index contributed by atoms with van der Waals surface area (Å²) in [6, 6.07) is 11.5. The van der Waals surface area contributed by atoms with Gasteiger partial charge in [-0.25, -0.2) is 4.79 Å². The summed E-state index contributed by atoms with van der Waals surface area (Å²) in [5, 5.41) is 7.62. The average molecular weight is 469 g/mol. The van der Waals surface area contributed by atoms with Crippen LogP contribution in [-0.4, -0.2) is 37.4 Å². The van der Waals surface area contributed by atoms with Crippen molar-refractivity contribution in [2.24, 2.45) is 0 Å². The Morgan fingerprint density at radius 2 is 1.82 bits per heavy atom. The van der Waals surface area contributed by atoms with Crippen molar-refractivity contribution in [3.8, 4) is 23.0 Å². The number of amides is 2. The molecule has 0 aliphatic heterocycles. The zero-order valence-electron chi connectivity index (χ0n) is 18.4. The number of hydrogen-bond donors (Lipinski definition) is 1. The monoisotopic (exact) mass is 468 g/mol. The molecular weight excluding hydrogens is 448 g/mol. The van der Waals surface area contributed by atoms with E-state index in [1.165, 1.54) is 4.90 Å². The van der Waals surface area contributed by atoms with Crippen molar-refractivity contribution in [2.45, 2.75) is 6.92 Å². The Bertz CT molecular complexity index is 1320. The minimum atomic E-state index is -0.417. The summed E-state index contributed by atoms with van der Waals surface area (Å²) in [5.74, 6) is 3.17. The number of halogens is 1. The van der Waals surface area contributed by atoms with Crippen LogP contribution in [0.2, 0.25) is 5.02 Å². The van der Waals surface area contributed by atoms with Crippen LogP contribution in [0, 0.1) is 6.92 Å². The van der Waals surface area contributed by atoms with E-state index in [1.54, 1.807) is 76.9 Å². The lowest BCUT2D eigenvalue weighted by atomic mass is 10.2. The SMILES string of the molecule is COc1cc2nccc(Oc3ccc(NC(=O)N(C)c4cc(C)on4)c(Cl)c3)c2cc1OC. The number of urea groups is 1. The molecule has 33 heavy (non-hydrogen) atoms. The standard InChI is InChI=1S/C23H21ClN4O5/c1-13-9-22(27-33-13)28(2)23(29)26-17-6-5-14(10-16(17)24)32-19-7-8-25-18-12-21(31-4)20(30-3)11-15(18)19/h5-12H,1-4H3,(H,26,29). The molecule has 0 aliphatic rings. The molecule has 0 aliphatic carbocycles. The Morgan fingerprint density at radius 3 is 2.48 bits per heavy atom. The van der Waals surface area contributed by atoms with Crippen LogP contribution in [0.3, 0.4) is 0 Å². The third-order valence-corrected chi connectivity index (χ3v) is 5.19. The van der Waals surface area contributed by atoms with Crippen molar-refractivity contribution in [3.05, 3.63) is 59.4 Å². The molecule has 2 aromatic heterocycles. The molecule has 9 nitrogen and oxygen atoms in total. The van der Waals surface area contributed by atoms with E-state index in [0.717, 1.165) is 5.39 Å². The van der Waals surface area contributed by atoms with Gasteiger partial charge in [0.15, 0.2) is 17.3 Å². The van der Waals surface area contributed by atoms with Gasteiger partial charge in [-0.15, -0.1) is 0 Å². The Kier molecular flexibility index (Phi) is 6.23. The summed E-state index contributed by atoms with van der Waals surface area (Å²) in [6.07, 6.45) is 1.64. The molecule has 10 heteroatoms. The van der Waals surface area contributed by atoms with Crippen LogP contribution in [-0.2, 0) is 0 Å². The number of benzene rings is 2. The summed E-state index contributed by atoms with van der Waals surface area (Å²) >= 11 is 6.40. The molecule has 2 amide bonds. The number of nitrogens with one attached hydrogen (secondary N) is 1. The second-order valence-electron chi connectivity index (χ2n) is 7.06. The van der Waals surface area contributed by atoms with E-state index >= 15 is 0 Å². The van der Waals surface area contributed by atoms with Crippen LogP contribution >= 0.6 is 11.6 Å². The van der Waals surface area contributed by atoms with Gasteiger partial charge in [-0.3, -0.25) is 9.88 Å². The zero-order chi connectivity index (χ0) is 23.5. The highest BCUT2D eigenvalue weighted by molar-refractivity contribution is 6.34. The lowest BCUT2D eigenvalue weighted by Crippen LogP contribution is -2.31. The molecule has 0 saturated heterocycles. The van der Waals surface area contributed by atoms with E-state index in [1.807, 2.05) is 0 Å². The molecule has 2 aromatic carbocycles. The summed E-state index contributed by atoms with van der Waals surface area (Å²) < 4.78 is 21.8. The van der Waals surface area contributed by atoms with E-state index in [-0.39, 0.29) is 0 Å². The third-order valence-electron chi connectivity index (χ3n) is 4.88. The number of nitrogens with zero attached hydrogens (tertiary/aromatic N) is 3. The molecule has 0 saturated carbocycles. The van der Waals surface area contributed by atoms with Crippen molar-refractivity contribution in [1.29, 1.82) is 0 Å². The fraction of sp³-hybridized carbons (Fsp3) is 0.174. The molecule has 0 bridgehead atoms. The molecule has 170 valence electrons. The van der Waals surface area contributed by atoms with E-state index in [4.69, 9.17) is 30.3 Å². The predicted octanol–water partition coefficient (Wildman–Crippen LogP) is 5.66. The molecule has 4 aromatic rings. The van der Waals surface area contributed by atoms with Crippen molar-refractivity contribution >= 4 is 40.0 Å². The second kappa shape index (κ2) is 9.25. The number of aryl methyl sites for hydroxylation is 1. The minimum absolute atomic E-state index is 0.309. The molecule has 0 unspecified atom stereocenters. The van der Waals surface area contributed by atoms with Gasteiger partial charge in [-0.2, -0.15) is 0 Å². The van der Waals surface area contributed by atoms with Gasteiger partial charge >= 0.3 is 6.03 Å². The lowest BCUT2D eigenvalue weighted by molar-refractivity contribution is 0.257. The Hall–Kier alpha value is -3.98. The Morgan fingerprint density at radius 1 is 1.06 bits per heavy atom. The highest BCUT2D eigenvalue weighted by Crippen LogP contribution is 2.38. The normalized spacial score (nSPS) is 10.7. The number of methoxy groups -OCH3 is 2. The quantitative estimate of drug-likeness (QED) is 0.389. The molecule has 0 atom stereocenters. The first-order valence-corrected chi connectivity index (χ1v) is 10.2. The predicted molar refractivity (Wildman–Crippen MR) is 125 cm³/mol. The first kappa shape index (κ1) is 22.2. The fourth-order valence-electron chi connectivity index (χ4n) is 3.14. The number of fused-ring (bicyclic) bond motifs is 1. The third kappa shape index (κ3) is 4.63. The molecule has 0 fully saturated rings.